The molecule has 0 N–H and O–H groups in total. The number of hydrogen-bond acceptors (Lipinski definition) is 2. The molecule has 2 aliphatic rings. The molecular formula is C49H41N3. The Morgan fingerprint density at radius 3 is 1.85 bits per heavy atom. The van der Waals surface area contributed by atoms with Crippen LogP contribution in [0.25, 0.3) is 38.6 Å². The molecule has 2 heterocycles. The summed E-state index contributed by atoms with van der Waals surface area (Å²) in [5.41, 5.74) is 15.9. The maximum absolute atomic E-state index is 2.50. The van der Waals surface area contributed by atoms with E-state index >= 15 is 0 Å². The van der Waals surface area contributed by atoms with Crippen LogP contribution in [0.5, 0.6) is 0 Å². The van der Waals surface area contributed by atoms with Crippen molar-refractivity contribution in [2.45, 2.75) is 31.6 Å². The van der Waals surface area contributed by atoms with Crippen LogP contribution < -0.4 is 9.80 Å². The topological polar surface area (TPSA) is 11.4 Å². The third kappa shape index (κ3) is 4.32. The average molecular weight is 672 g/mol. The van der Waals surface area contributed by atoms with Gasteiger partial charge in [-0.25, -0.2) is 0 Å². The number of para-hydroxylation sites is 4. The lowest BCUT2D eigenvalue weighted by Gasteiger charge is -2.36. The number of nitrogens with zero attached hydrogens (tertiary/aromatic N) is 3. The highest BCUT2D eigenvalue weighted by molar-refractivity contribution is 6.09. The first-order valence-electron chi connectivity index (χ1n) is 18.4. The molecular weight excluding hydrogens is 631 g/mol. The van der Waals surface area contributed by atoms with Gasteiger partial charge in [-0.15, -0.1) is 0 Å². The summed E-state index contributed by atoms with van der Waals surface area (Å²) in [6.07, 6.45) is 0. The smallest absolute Gasteiger partial charge is 0.0950 e. The van der Waals surface area contributed by atoms with Gasteiger partial charge < -0.3 is 14.4 Å². The number of fused-ring (bicyclic) bond motifs is 7. The third-order valence-electron chi connectivity index (χ3n) is 11.5. The van der Waals surface area contributed by atoms with Gasteiger partial charge in [-0.3, -0.25) is 0 Å². The fraction of sp³-hybridized carbons (Fsp3) is 0.143. The summed E-state index contributed by atoms with van der Waals surface area (Å²) in [6, 6.07) is 61.3. The molecule has 0 saturated heterocycles. The fourth-order valence-electron chi connectivity index (χ4n) is 9.10. The number of rotatable bonds is 4. The minimum absolute atomic E-state index is 0.0710. The maximum atomic E-state index is 2.50. The zero-order valence-electron chi connectivity index (χ0n) is 30.1. The van der Waals surface area contributed by atoms with Crippen LogP contribution in [-0.4, -0.2) is 18.3 Å². The van der Waals surface area contributed by atoms with Gasteiger partial charge in [0, 0.05) is 29.2 Å². The van der Waals surface area contributed by atoms with Gasteiger partial charge in [0.25, 0.3) is 0 Å². The first-order chi connectivity index (χ1) is 25.3. The number of benzene rings is 7. The number of aromatic nitrogens is 1. The molecule has 1 aromatic heterocycles. The van der Waals surface area contributed by atoms with Crippen LogP contribution in [-0.2, 0) is 10.8 Å². The van der Waals surface area contributed by atoms with E-state index in [0.717, 1.165) is 6.67 Å². The van der Waals surface area contributed by atoms with E-state index in [1.165, 1.54) is 83.5 Å². The molecule has 0 bridgehead atoms. The van der Waals surface area contributed by atoms with E-state index < -0.39 is 5.41 Å². The SMILES string of the molecule is CN1CN(c2cc(C(C)(C)C)cc(C3(c4ccc5c6ccccc6n(-c6ccccc6)c5c4)c4ccccc4-c4ccccc43)c2)c2ccccc21. The highest BCUT2D eigenvalue weighted by Crippen LogP contribution is 2.57. The second-order valence-corrected chi connectivity index (χ2v) is 15.5. The highest BCUT2D eigenvalue weighted by Gasteiger charge is 2.47. The Labute approximate surface area is 306 Å². The zero-order chi connectivity index (χ0) is 35.2. The van der Waals surface area contributed by atoms with E-state index in [2.05, 4.69) is 206 Å². The molecule has 1 aliphatic heterocycles. The van der Waals surface area contributed by atoms with E-state index in [0.29, 0.717) is 0 Å². The van der Waals surface area contributed by atoms with Crippen molar-refractivity contribution < 1.29 is 0 Å². The van der Waals surface area contributed by atoms with Crippen LogP contribution in [0.4, 0.5) is 17.1 Å². The molecule has 0 fully saturated rings. The Kier molecular flexibility index (Phi) is 6.63. The van der Waals surface area contributed by atoms with E-state index in [1.54, 1.807) is 0 Å². The molecule has 0 radical (unpaired) electrons. The first-order valence-corrected chi connectivity index (χ1v) is 18.4. The van der Waals surface area contributed by atoms with Gasteiger partial charge in [0.15, 0.2) is 0 Å². The summed E-state index contributed by atoms with van der Waals surface area (Å²) in [6.45, 7) is 7.82. The lowest BCUT2D eigenvalue weighted by molar-refractivity contribution is 0.587. The second kappa shape index (κ2) is 11.2. The summed E-state index contributed by atoms with van der Waals surface area (Å²) >= 11 is 0. The molecule has 0 amide bonds. The molecule has 52 heavy (non-hydrogen) atoms. The van der Waals surface area contributed by atoms with E-state index in [9.17, 15) is 0 Å². The van der Waals surface area contributed by atoms with Crippen molar-refractivity contribution in [3.63, 3.8) is 0 Å². The van der Waals surface area contributed by atoms with Gasteiger partial charge in [0.1, 0.15) is 0 Å². The molecule has 10 rings (SSSR count). The molecule has 8 aromatic rings. The molecule has 0 unspecified atom stereocenters. The predicted octanol–water partition coefficient (Wildman–Crippen LogP) is 12.0. The zero-order valence-corrected chi connectivity index (χ0v) is 30.1. The Balaban J connectivity index is 1.33. The molecule has 252 valence electrons. The Morgan fingerprint density at radius 2 is 1.12 bits per heavy atom. The van der Waals surface area contributed by atoms with Gasteiger partial charge >= 0.3 is 0 Å². The minimum atomic E-state index is -0.555. The van der Waals surface area contributed by atoms with Crippen LogP contribution in [0.1, 0.15) is 48.6 Å². The van der Waals surface area contributed by atoms with E-state index in [-0.39, 0.29) is 5.41 Å². The van der Waals surface area contributed by atoms with Crippen LogP contribution in [0.2, 0.25) is 0 Å². The van der Waals surface area contributed by atoms with Crippen molar-refractivity contribution >= 4 is 38.9 Å². The van der Waals surface area contributed by atoms with Crippen LogP contribution in [0.15, 0.2) is 164 Å². The number of anilines is 3. The largest absolute Gasteiger partial charge is 0.355 e. The Hall–Kier alpha value is -6.06. The predicted molar refractivity (Wildman–Crippen MR) is 219 cm³/mol. The molecule has 0 spiro atoms. The third-order valence-corrected chi connectivity index (χ3v) is 11.5. The first kappa shape index (κ1) is 30.7. The van der Waals surface area contributed by atoms with E-state index in [1.807, 2.05) is 0 Å². The number of hydrogen-bond donors (Lipinski definition) is 0. The lowest BCUT2D eigenvalue weighted by Crippen LogP contribution is -2.30. The average Bonchev–Trinajstić information content (AvgIpc) is 3.80. The fourth-order valence-corrected chi connectivity index (χ4v) is 9.10. The van der Waals surface area contributed by atoms with E-state index in [4.69, 9.17) is 0 Å². The van der Waals surface area contributed by atoms with Crippen molar-refractivity contribution in [2.75, 3.05) is 23.5 Å². The summed E-state index contributed by atoms with van der Waals surface area (Å²) in [5.74, 6) is 0. The van der Waals surface area contributed by atoms with Gasteiger partial charge in [0.2, 0.25) is 0 Å². The molecule has 1 aliphatic carbocycles. The van der Waals surface area contributed by atoms with Gasteiger partial charge in [-0.1, -0.05) is 136 Å². The molecule has 7 aromatic carbocycles. The Morgan fingerprint density at radius 1 is 0.500 bits per heavy atom. The summed E-state index contributed by atoms with van der Waals surface area (Å²) in [5, 5.41) is 2.53. The monoisotopic (exact) mass is 671 g/mol. The minimum Gasteiger partial charge on any atom is -0.355 e. The maximum Gasteiger partial charge on any atom is 0.0950 e. The molecule has 3 heteroatoms. The van der Waals surface area contributed by atoms with Crippen LogP contribution in [0, 0.1) is 0 Å². The van der Waals surface area contributed by atoms with Crippen LogP contribution in [0.3, 0.4) is 0 Å². The summed E-state index contributed by atoms with van der Waals surface area (Å²) in [7, 11) is 2.19. The van der Waals surface area contributed by atoms with Gasteiger partial charge in [0.05, 0.1) is 34.5 Å². The highest BCUT2D eigenvalue weighted by atomic mass is 15.4. The molecule has 0 atom stereocenters. The quantitative estimate of drug-likeness (QED) is 0.184. The van der Waals surface area contributed by atoms with Crippen molar-refractivity contribution in [3.8, 4) is 16.8 Å². The van der Waals surface area contributed by atoms with Crippen molar-refractivity contribution in [1.29, 1.82) is 0 Å². The summed E-state index contributed by atoms with van der Waals surface area (Å²) < 4.78 is 2.45. The summed E-state index contributed by atoms with van der Waals surface area (Å²) in [4.78, 5) is 4.84. The van der Waals surface area contributed by atoms with Crippen LogP contribution >= 0.6 is 0 Å². The molecule has 0 saturated carbocycles. The Bertz CT molecular complexity index is 2630. The standard InChI is InChI=1S/C49H41N3/c1-48(2,3)34-28-35(30-37(29-34)51-32-50(4)45-24-14-15-25-46(45)51)49(42-21-11-8-18-38(42)39-19-9-12-22-43(39)49)33-26-27-41-40-20-10-13-23-44(40)52(47(41)31-33)36-16-6-5-7-17-36/h5-31H,32H2,1-4H3. The lowest BCUT2D eigenvalue weighted by atomic mass is 9.66. The second-order valence-electron chi connectivity index (χ2n) is 15.5. The van der Waals surface area contributed by atoms with Crippen molar-refractivity contribution in [2.24, 2.45) is 0 Å². The van der Waals surface area contributed by atoms with Gasteiger partial charge in [-0.2, -0.15) is 0 Å². The normalized spacial score (nSPS) is 14.5. The van der Waals surface area contributed by atoms with Gasteiger partial charge in [-0.05, 0) is 92.9 Å². The van der Waals surface area contributed by atoms with Crippen molar-refractivity contribution in [1.82, 2.24) is 4.57 Å². The van der Waals surface area contributed by atoms with Crippen molar-refractivity contribution in [3.05, 3.63) is 192 Å². The molecule has 3 nitrogen and oxygen atoms in total.